The van der Waals surface area contributed by atoms with Gasteiger partial charge in [0.1, 0.15) is 13.2 Å². The molecule has 5 aromatic carbocycles. The van der Waals surface area contributed by atoms with Gasteiger partial charge in [-0.3, -0.25) is 19.4 Å². The van der Waals surface area contributed by atoms with Crippen LogP contribution in [0.3, 0.4) is 0 Å². The number of ether oxygens (including phenoxy) is 5. The Hall–Kier alpha value is -6.51. The lowest BCUT2D eigenvalue weighted by Gasteiger charge is -2.37. The van der Waals surface area contributed by atoms with E-state index in [0.29, 0.717) is 53.0 Å². The van der Waals surface area contributed by atoms with Crippen LogP contribution in [0, 0.1) is 12.3 Å². The van der Waals surface area contributed by atoms with E-state index in [1.165, 1.54) is 5.56 Å². The fourth-order valence-corrected chi connectivity index (χ4v) is 8.69. The van der Waals surface area contributed by atoms with Crippen molar-refractivity contribution in [3.8, 4) is 23.0 Å². The second kappa shape index (κ2) is 23.1. The molecule has 1 N–H and O–H groups in total. The highest BCUT2D eigenvalue weighted by Gasteiger charge is 2.37. The predicted molar refractivity (Wildman–Crippen MR) is 289 cm³/mol. The lowest BCUT2D eigenvalue weighted by Crippen LogP contribution is -2.48. The quantitative estimate of drug-likeness (QED) is 0.0500. The first-order valence-corrected chi connectivity index (χ1v) is 24.4. The maximum absolute atomic E-state index is 14.5. The van der Waals surface area contributed by atoms with Gasteiger partial charge in [-0.05, 0) is 138 Å². The molecular weight excluding hydrogens is 915 g/mol. The molecule has 71 heavy (non-hydrogen) atoms. The number of aryl methyl sites for hydroxylation is 1. The Balaban J connectivity index is 0.000000502. The smallest absolute Gasteiger partial charge is 0.260 e. The van der Waals surface area contributed by atoms with Crippen LogP contribution in [0.5, 0.6) is 23.0 Å². The van der Waals surface area contributed by atoms with Crippen molar-refractivity contribution in [2.75, 3.05) is 68.0 Å². The molecule has 2 aliphatic rings. The fraction of sp³-hybridized carbons (Fsp3) is 0.404. The average molecular weight is 986 g/mol. The molecule has 0 spiro atoms. The Morgan fingerprint density at radius 2 is 1.42 bits per heavy atom. The molecule has 0 saturated heterocycles. The van der Waals surface area contributed by atoms with E-state index in [1.54, 1.807) is 50.2 Å². The van der Waals surface area contributed by atoms with E-state index in [4.69, 9.17) is 36.3 Å². The number of hydrogen-bond acceptors (Lipinski definition) is 11. The Morgan fingerprint density at radius 3 is 2.03 bits per heavy atom. The van der Waals surface area contributed by atoms with Crippen LogP contribution in [0.1, 0.15) is 86.6 Å². The summed E-state index contributed by atoms with van der Waals surface area (Å²) in [4.78, 5) is 48.7. The number of carbonyl (C=O) groups is 3. The summed E-state index contributed by atoms with van der Waals surface area (Å²) < 4.78 is 29.8. The van der Waals surface area contributed by atoms with Crippen molar-refractivity contribution >= 4 is 59.8 Å². The van der Waals surface area contributed by atoms with Gasteiger partial charge in [-0.2, -0.15) is 12.6 Å². The highest BCUT2D eigenvalue weighted by atomic mass is 32.1. The standard InChI is InChI=1S/C46H59N3O7S.C11H12N2O/c1-30-16-17-38(39(20-30)52-10)54-26-31-21-32(23-34(22-31)49(28-46(7,8)57)43(51)45(5,6)29-56-44(2,3)4)27-55-41-25-36(47-9)35(24-40(41)53-11)42(50)48-19-18-33-14-12-13-15-37(33)48;1-12-7-10-6-9-4-2-3-5-11(9)13(10)8-14/h12-17,20-25,47,57H,18-19,26-29H2,1-11H3;2-5,7-8,10H,6H2,1H3. The third-order valence-electron chi connectivity index (χ3n) is 12.1. The molecule has 13 nitrogen and oxygen atoms in total. The van der Waals surface area contributed by atoms with Gasteiger partial charge in [-0.1, -0.05) is 42.5 Å². The third-order valence-corrected chi connectivity index (χ3v) is 12.3. The normalized spacial score (nSPS) is 14.3. The molecule has 2 heterocycles. The molecule has 378 valence electrons. The number of thiol groups is 1. The number of carbonyl (C=O) groups excluding carboxylic acids is 3. The summed E-state index contributed by atoms with van der Waals surface area (Å²) in [6.07, 6.45) is 4.36. The molecule has 3 amide bonds. The molecule has 0 fully saturated rings. The molecular formula is C57H71N5O8S. The highest BCUT2D eigenvalue weighted by Crippen LogP contribution is 2.38. The minimum atomic E-state index is -0.849. The van der Waals surface area contributed by atoms with Crippen molar-refractivity contribution in [1.82, 2.24) is 0 Å². The zero-order valence-corrected chi connectivity index (χ0v) is 44.3. The zero-order valence-electron chi connectivity index (χ0n) is 43.4. The molecule has 0 saturated carbocycles. The monoisotopic (exact) mass is 986 g/mol. The number of amides is 3. The van der Waals surface area contributed by atoms with Gasteiger partial charge in [0.25, 0.3) is 5.91 Å². The van der Waals surface area contributed by atoms with Crippen LogP contribution in [0.25, 0.3) is 0 Å². The minimum Gasteiger partial charge on any atom is -0.493 e. The first kappa shape index (κ1) is 53.8. The van der Waals surface area contributed by atoms with Gasteiger partial charge in [0.2, 0.25) is 12.3 Å². The van der Waals surface area contributed by atoms with Crippen molar-refractivity contribution in [3.05, 3.63) is 130 Å². The molecule has 0 bridgehead atoms. The van der Waals surface area contributed by atoms with Gasteiger partial charge in [0.15, 0.2) is 23.0 Å². The Kier molecular flexibility index (Phi) is 17.6. The van der Waals surface area contributed by atoms with Crippen molar-refractivity contribution in [2.45, 2.75) is 97.8 Å². The number of methoxy groups -OCH3 is 2. The predicted octanol–water partition coefficient (Wildman–Crippen LogP) is 10.6. The van der Waals surface area contributed by atoms with Crippen LogP contribution >= 0.6 is 12.6 Å². The molecule has 5 aromatic rings. The van der Waals surface area contributed by atoms with Crippen molar-refractivity contribution in [2.24, 2.45) is 10.4 Å². The number of benzene rings is 5. The molecule has 1 atom stereocenters. The van der Waals surface area contributed by atoms with Gasteiger partial charge in [-0.15, -0.1) is 0 Å². The number of nitrogens with one attached hydrogen (secondary N) is 1. The zero-order chi connectivity index (χ0) is 51.7. The van der Waals surface area contributed by atoms with Crippen LogP contribution in [0.2, 0.25) is 0 Å². The second-order valence-electron chi connectivity index (χ2n) is 20.2. The molecule has 0 aromatic heterocycles. The van der Waals surface area contributed by atoms with E-state index in [1.807, 2.05) is 139 Å². The molecule has 1 unspecified atom stereocenters. The number of nitrogens with zero attached hydrogens (tertiary/aromatic N) is 4. The van der Waals surface area contributed by atoms with Gasteiger partial charge in [0, 0.05) is 67.7 Å². The summed E-state index contributed by atoms with van der Waals surface area (Å²) >= 11 is 4.86. The molecule has 0 radical (unpaired) electrons. The topological polar surface area (TPSA) is 131 Å². The van der Waals surface area contributed by atoms with E-state index >= 15 is 0 Å². The maximum atomic E-state index is 14.5. The van der Waals surface area contributed by atoms with Gasteiger partial charge < -0.3 is 43.7 Å². The molecule has 7 rings (SSSR count). The number of anilines is 4. The Bertz CT molecular complexity index is 2710. The summed E-state index contributed by atoms with van der Waals surface area (Å²) in [5.41, 5.74) is 7.46. The maximum Gasteiger partial charge on any atom is 0.260 e. The third kappa shape index (κ3) is 13.7. The second-order valence-corrected chi connectivity index (χ2v) is 21.4. The fourth-order valence-electron chi connectivity index (χ4n) is 8.55. The lowest BCUT2D eigenvalue weighted by molar-refractivity contribution is -0.133. The Morgan fingerprint density at radius 1 is 0.803 bits per heavy atom. The van der Waals surface area contributed by atoms with E-state index in [2.05, 4.69) is 22.4 Å². The molecule has 2 aliphatic heterocycles. The SMILES string of the molecule is CN=CC1Cc2ccccc2N1C=O.CNc1cc(OCc2cc(COc3ccc(C)cc3OC)cc(N(CC(C)(C)S)C(=O)C(C)(C)COC(C)(C)C)c2)c(OC)cc1C(=O)N1CCc2ccccc21. The first-order valence-electron chi connectivity index (χ1n) is 23.9. The number of aliphatic imine (C=N–C) groups is 1. The minimum absolute atomic E-state index is 0.0925. The average Bonchev–Trinajstić information content (AvgIpc) is 3.94. The number of para-hydroxylation sites is 2. The summed E-state index contributed by atoms with van der Waals surface area (Å²) in [6, 6.07) is 31.3. The first-order chi connectivity index (χ1) is 33.7. The van der Waals surface area contributed by atoms with E-state index in [-0.39, 0.29) is 37.7 Å². The van der Waals surface area contributed by atoms with Crippen molar-refractivity contribution in [1.29, 1.82) is 0 Å². The van der Waals surface area contributed by atoms with Crippen molar-refractivity contribution < 1.29 is 38.1 Å². The summed E-state index contributed by atoms with van der Waals surface area (Å²) in [6.45, 7) is 17.2. The number of rotatable bonds is 18. The highest BCUT2D eigenvalue weighted by molar-refractivity contribution is 7.81. The van der Waals surface area contributed by atoms with Crippen LogP contribution in [0.15, 0.2) is 102 Å². The van der Waals surface area contributed by atoms with Crippen LogP contribution in [0.4, 0.5) is 22.7 Å². The van der Waals surface area contributed by atoms with Crippen molar-refractivity contribution in [3.63, 3.8) is 0 Å². The number of hydrogen-bond donors (Lipinski definition) is 2. The summed E-state index contributed by atoms with van der Waals surface area (Å²) in [5.74, 6) is 1.90. The van der Waals surface area contributed by atoms with Crippen LogP contribution < -0.4 is 39.0 Å². The van der Waals surface area contributed by atoms with Gasteiger partial charge in [-0.25, -0.2) is 0 Å². The molecule has 0 aliphatic carbocycles. The van der Waals surface area contributed by atoms with Gasteiger partial charge >= 0.3 is 0 Å². The molecule has 14 heteroatoms. The largest absolute Gasteiger partial charge is 0.493 e. The van der Waals surface area contributed by atoms with E-state index in [0.717, 1.165) is 52.9 Å². The summed E-state index contributed by atoms with van der Waals surface area (Å²) in [5, 5.41) is 3.19. The van der Waals surface area contributed by atoms with E-state index < -0.39 is 15.8 Å². The Labute approximate surface area is 425 Å². The lowest BCUT2D eigenvalue weighted by atomic mass is 9.91. The number of fused-ring (bicyclic) bond motifs is 2. The summed E-state index contributed by atoms with van der Waals surface area (Å²) in [7, 11) is 6.69. The van der Waals surface area contributed by atoms with E-state index in [9.17, 15) is 14.4 Å². The van der Waals surface area contributed by atoms with Crippen LogP contribution in [-0.4, -0.2) is 88.8 Å². The van der Waals surface area contributed by atoms with Crippen LogP contribution in [-0.2, 0) is 40.4 Å². The van der Waals surface area contributed by atoms with Gasteiger partial charge in [0.05, 0.1) is 49.1 Å².